The zero-order chi connectivity index (χ0) is 8.43. The molecule has 0 radical (unpaired) electrons. The van der Waals surface area contributed by atoms with Gasteiger partial charge in [0.15, 0.2) is 6.29 Å². The maximum atomic E-state index is 9.11. The molecule has 3 nitrogen and oxygen atoms in total. The molecule has 1 saturated heterocycles. The van der Waals surface area contributed by atoms with Crippen molar-refractivity contribution >= 4 is 0 Å². The first kappa shape index (κ1) is 8.97. The van der Waals surface area contributed by atoms with Crippen molar-refractivity contribution in [1.82, 2.24) is 0 Å². The van der Waals surface area contributed by atoms with Crippen LogP contribution in [-0.4, -0.2) is 28.7 Å². The second kappa shape index (κ2) is 3.52. The van der Waals surface area contributed by atoms with Crippen molar-refractivity contribution in [2.45, 2.75) is 45.2 Å². The van der Waals surface area contributed by atoms with E-state index >= 15 is 0 Å². The number of aliphatic hydroxyl groups is 2. The van der Waals surface area contributed by atoms with Crippen molar-refractivity contribution in [2.75, 3.05) is 0 Å². The minimum atomic E-state index is -0.959. The summed E-state index contributed by atoms with van der Waals surface area (Å²) < 4.78 is 5.09. The number of hydrogen-bond donors (Lipinski definition) is 2. The number of ether oxygens (including phenoxy) is 1. The molecule has 0 saturated carbocycles. The fraction of sp³-hybridized carbons (Fsp3) is 1.00. The Kier molecular flexibility index (Phi) is 2.87. The van der Waals surface area contributed by atoms with Crippen LogP contribution in [0.4, 0.5) is 0 Å². The van der Waals surface area contributed by atoms with Crippen molar-refractivity contribution < 1.29 is 14.9 Å². The lowest BCUT2D eigenvalue weighted by Crippen LogP contribution is -2.19. The summed E-state index contributed by atoms with van der Waals surface area (Å²) in [6.07, 6.45) is -0.120. The normalized spacial score (nSPS) is 38.5. The van der Waals surface area contributed by atoms with Crippen molar-refractivity contribution in [3.63, 3.8) is 0 Å². The van der Waals surface area contributed by atoms with Gasteiger partial charge in [0, 0.05) is 6.42 Å². The van der Waals surface area contributed by atoms with Crippen molar-refractivity contribution in [3.05, 3.63) is 0 Å². The molecule has 0 aliphatic carbocycles. The summed E-state index contributed by atoms with van der Waals surface area (Å²) >= 11 is 0. The summed E-state index contributed by atoms with van der Waals surface area (Å²) in [5.41, 5.74) is 0. The molecule has 1 fully saturated rings. The Morgan fingerprint density at radius 3 is 2.45 bits per heavy atom. The summed E-state index contributed by atoms with van der Waals surface area (Å²) in [4.78, 5) is 0. The van der Waals surface area contributed by atoms with E-state index in [4.69, 9.17) is 14.9 Å². The van der Waals surface area contributed by atoms with Gasteiger partial charge in [-0.3, -0.25) is 0 Å². The van der Waals surface area contributed by atoms with Gasteiger partial charge in [-0.25, -0.2) is 0 Å². The Balaban J connectivity index is 2.29. The van der Waals surface area contributed by atoms with Gasteiger partial charge in [-0.2, -0.15) is 0 Å². The molecule has 0 aromatic rings. The fourth-order valence-electron chi connectivity index (χ4n) is 1.41. The molecule has 11 heavy (non-hydrogen) atoms. The third kappa shape index (κ3) is 2.43. The van der Waals surface area contributed by atoms with Crippen LogP contribution in [0.5, 0.6) is 0 Å². The highest BCUT2D eigenvalue weighted by atomic mass is 16.6. The second-order valence-electron chi connectivity index (χ2n) is 3.58. The van der Waals surface area contributed by atoms with E-state index < -0.39 is 12.4 Å². The lowest BCUT2D eigenvalue weighted by molar-refractivity contribution is -0.129. The Morgan fingerprint density at radius 2 is 2.09 bits per heavy atom. The Labute approximate surface area is 67.0 Å². The molecule has 1 aliphatic heterocycles. The van der Waals surface area contributed by atoms with E-state index in [0.717, 1.165) is 6.42 Å². The number of hydrogen-bond acceptors (Lipinski definition) is 3. The zero-order valence-corrected chi connectivity index (χ0v) is 7.03. The minimum Gasteiger partial charge on any atom is -0.388 e. The fourth-order valence-corrected chi connectivity index (χ4v) is 1.41. The monoisotopic (exact) mass is 160 g/mol. The summed E-state index contributed by atoms with van der Waals surface area (Å²) in [7, 11) is 0. The summed E-state index contributed by atoms with van der Waals surface area (Å²) in [6, 6.07) is 0. The summed E-state index contributed by atoms with van der Waals surface area (Å²) in [5, 5.41) is 18.1. The van der Waals surface area contributed by atoms with Crippen LogP contribution in [0.2, 0.25) is 0 Å². The molecule has 0 spiro atoms. The van der Waals surface area contributed by atoms with Crippen LogP contribution in [0.3, 0.4) is 0 Å². The first-order valence-electron chi connectivity index (χ1n) is 4.11. The lowest BCUT2D eigenvalue weighted by atomic mass is 10.0. The third-order valence-electron chi connectivity index (χ3n) is 1.90. The van der Waals surface area contributed by atoms with Crippen LogP contribution in [0.15, 0.2) is 0 Å². The summed E-state index contributed by atoms with van der Waals surface area (Å²) in [5.74, 6) is 0.553. The molecule has 0 aromatic carbocycles. The number of rotatable bonds is 2. The highest BCUT2D eigenvalue weighted by Gasteiger charge is 2.32. The van der Waals surface area contributed by atoms with Crippen molar-refractivity contribution in [3.8, 4) is 0 Å². The molecule has 1 aliphatic rings. The molecule has 1 rings (SSSR count). The van der Waals surface area contributed by atoms with E-state index in [0.29, 0.717) is 12.3 Å². The molecule has 0 aromatic heterocycles. The maximum absolute atomic E-state index is 9.11. The molecule has 66 valence electrons. The SMILES string of the molecule is CC(C)CC1CC(O)C(O)O1. The van der Waals surface area contributed by atoms with E-state index in [1.54, 1.807) is 0 Å². The van der Waals surface area contributed by atoms with Gasteiger partial charge in [-0.1, -0.05) is 13.8 Å². The van der Waals surface area contributed by atoms with E-state index in [-0.39, 0.29) is 6.10 Å². The van der Waals surface area contributed by atoms with Gasteiger partial charge in [-0.15, -0.1) is 0 Å². The van der Waals surface area contributed by atoms with Crippen LogP contribution >= 0.6 is 0 Å². The van der Waals surface area contributed by atoms with Gasteiger partial charge in [0.25, 0.3) is 0 Å². The van der Waals surface area contributed by atoms with E-state index in [9.17, 15) is 0 Å². The van der Waals surface area contributed by atoms with E-state index in [1.807, 2.05) is 0 Å². The first-order valence-corrected chi connectivity index (χ1v) is 4.11. The van der Waals surface area contributed by atoms with Gasteiger partial charge in [0.2, 0.25) is 0 Å². The molecular formula is C8H16O3. The molecule has 3 unspecified atom stereocenters. The van der Waals surface area contributed by atoms with Gasteiger partial charge < -0.3 is 14.9 Å². The first-order chi connectivity index (χ1) is 5.09. The van der Waals surface area contributed by atoms with Crippen LogP contribution in [0.25, 0.3) is 0 Å². The molecule has 1 heterocycles. The largest absolute Gasteiger partial charge is 0.388 e. The van der Waals surface area contributed by atoms with E-state index in [1.165, 1.54) is 0 Å². The van der Waals surface area contributed by atoms with Gasteiger partial charge >= 0.3 is 0 Å². The lowest BCUT2D eigenvalue weighted by Gasteiger charge is -2.11. The number of aliphatic hydroxyl groups excluding tert-OH is 2. The molecule has 3 heteroatoms. The molecule has 3 atom stereocenters. The predicted molar refractivity (Wildman–Crippen MR) is 41.0 cm³/mol. The highest BCUT2D eigenvalue weighted by Crippen LogP contribution is 2.23. The van der Waals surface area contributed by atoms with Crippen LogP contribution in [-0.2, 0) is 4.74 Å². The Hall–Kier alpha value is -0.120. The van der Waals surface area contributed by atoms with Crippen LogP contribution < -0.4 is 0 Å². The zero-order valence-electron chi connectivity index (χ0n) is 7.03. The van der Waals surface area contributed by atoms with Crippen LogP contribution in [0.1, 0.15) is 26.7 Å². The molecular weight excluding hydrogens is 144 g/mol. The molecule has 0 amide bonds. The highest BCUT2D eigenvalue weighted by molar-refractivity contribution is 4.76. The van der Waals surface area contributed by atoms with E-state index in [2.05, 4.69) is 13.8 Å². The standard InChI is InChI=1S/C8H16O3/c1-5(2)3-6-4-7(9)8(10)11-6/h5-10H,3-4H2,1-2H3. The average Bonchev–Trinajstić information content (AvgIpc) is 2.10. The van der Waals surface area contributed by atoms with Crippen molar-refractivity contribution in [1.29, 1.82) is 0 Å². The summed E-state index contributed by atoms with van der Waals surface area (Å²) in [6.45, 7) is 4.20. The van der Waals surface area contributed by atoms with Crippen molar-refractivity contribution in [2.24, 2.45) is 5.92 Å². The maximum Gasteiger partial charge on any atom is 0.181 e. The smallest absolute Gasteiger partial charge is 0.181 e. The van der Waals surface area contributed by atoms with Gasteiger partial charge in [0.1, 0.15) is 6.10 Å². The second-order valence-corrected chi connectivity index (χ2v) is 3.58. The molecule has 2 N–H and O–H groups in total. The van der Waals surface area contributed by atoms with Gasteiger partial charge in [-0.05, 0) is 12.3 Å². The Morgan fingerprint density at radius 1 is 1.45 bits per heavy atom. The minimum absolute atomic E-state index is 0.0417. The molecule has 0 bridgehead atoms. The predicted octanol–water partition coefficient (Wildman–Crippen LogP) is 0.501. The van der Waals surface area contributed by atoms with Gasteiger partial charge in [0.05, 0.1) is 6.10 Å². The van der Waals surface area contributed by atoms with Crippen LogP contribution in [0, 0.1) is 5.92 Å². The topological polar surface area (TPSA) is 49.7 Å². The third-order valence-corrected chi connectivity index (χ3v) is 1.90. The Bertz CT molecular complexity index is 112. The average molecular weight is 160 g/mol. The quantitative estimate of drug-likeness (QED) is 0.618.